The first-order chi connectivity index (χ1) is 15.4. The molecule has 1 N–H and O–H groups in total. The summed E-state index contributed by atoms with van der Waals surface area (Å²) in [7, 11) is 1.26. The fourth-order valence-electron chi connectivity index (χ4n) is 4.51. The number of nitro groups is 1. The number of aromatic nitrogens is 1. The number of Topliss-reactive ketones (excluding diaryl/α,β-unsaturated/α-hetero) is 1. The monoisotopic (exact) mass is 431 g/mol. The van der Waals surface area contributed by atoms with Crippen molar-refractivity contribution in [1.29, 1.82) is 0 Å². The molecular weight excluding hydrogens is 414 g/mol. The van der Waals surface area contributed by atoms with Crippen molar-refractivity contribution >= 4 is 39.9 Å². The lowest BCUT2D eigenvalue weighted by molar-refractivity contribution is -0.384. The third-order valence-electron chi connectivity index (χ3n) is 5.97. The molecule has 32 heavy (non-hydrogen) atoms. The van der Waals surface area contributed by atoms with E-state index in [-0.39, 0.29) is 35.6 Å². The molecule has 0 saturated heterocycles. The van der Waals surface area contributed by atoms with E-state index in [2.05, 4.69) is 4.98 Å². The minimum atomic E-state index is -0.878. The van der Waals surface area contributed by atoms with E-state index in [1.165, 1.54) is 36.3 Å². The number of nitrogens with zero attached hydrogens (tertiary/aromatic N) is 2. The Morgan fingerprint density at radius 1 is 1.16 bits per heavy atom. The number of nitrogens with one attached hydrogen (secondary N) is 1. The van der Waals surface area contributed by atoms with E-state index in [0.717, 1.165) is 16.5 Å². The van der Waals surface area contributed by atoms with Crippen LogP contribution < -0.4 is 0 Å². The van der Waals surface area contributed by atoms with E-state index in [1.54, 1.807) is 0 Å². The second kappa shape index (κ2) is 7.16. The normalized spacial score (nSPS) is 17.3. The third-order valence-corrected chi connectivity index (χ3v) is 5.97. The lowest BCUT2D eigenvalue weighted by atomic mass is 9.92. The number of H-pyrrole nitrogens is 1. The van der Waals surface area contributed by atoms with Crippen LogP contribution in [0.4, 0.5) is 5.69 Å². The Morgan fingerprint density at radius 3 is 2.56 bits per heavy atom. The van der Waals surface area contributed by atoms with Crippen LogP contribution in [0.3, 0.4) is 0 Å². The van der Waals surface area contributed by atoms with Crippen molar-refractivity contribution in [3.05, 3.63) is 81.0 Å². The molecule has 2 aliphatic rings. The van der Waals surface area contributed by atoms with Crippen molar-refractivity contribution in [1.82, 2.24) is 9.88 Å². The van der Waals surface area contributed by atoms with Crippen LogP contribution >= 0.6 is 0 Å². The maximum absolute atomic E-state index is 13.4. The lowest BCUT2D eigenvalue weighted by Gasteiger charge is -2.33. The number of carbonyl (C=O) groups is 3. The standard InChI is InChI=1S/C23H17N3O6/c1-32-23(29)18-10-15-14-4-2-3-5-17(14)24-20(15)21-16(11-19(27)25(18)21)22(28)12-6-8-13(9-7-12)26(30)31/h2-9,18,24H,10-11H2,1H3/t18-/m0/s1. The van der Waals surface area contributed by atoms with Crippen molar-refractivity contribution < 1.29 is 24.0 Å². The first kappa shape index (κ1) is 19.7. The number of fused-ring (bicyclic) bond motifs is 5. The molecule has 1 atom stereocenters. The summed E-state index contributed by atoms with van der Waals surface area (Å²) in [6.45, 7) is 0. The molecule has 1 aromatic heterocycles. The van der Waals surface area contributed by atoms with E-state index in [9.17, 15) is 24.5 Å². The summed E-state index contributed by atoms with van der Waals surface area (Å²) < 4.78 is 4.95. The van der Waals surface area contributed by atoms with E-state index in [1.807, 2.05) is 24.3 Å². The van der Waals surface area contributed by atoms with E-state index >= 15 is 0 Å². The fourth-order valence-corrected chi connectivity index (χ4v) is 4.51. The number of non-ortho nitro benzene ring substituents is 1. The van der Waals surface area contributed by atoms with Crippen molar-refractivity contribution in [2.24, 2.45) is 0 Å². The van der Waals surface area contributed by atoms with E-state index in [0.29, 0.717) is 11.4 Å². The van der Waals surface area contributed by atoms with E-state index < -0.39 is 22.7 Å². The summed E-state index contributed by atoms with van der Waals surface area (Å²) in [6.07, 6.45) is 0.0910. The summed E-state index contributed by atoms with van der Waals surface area (Å²) >= 11 is 0. The summed E-state index contributed by atoms with van der Waals surface area (Å²) in [4.78, 5) is 53.9. The number of hydrogen-bond donors (Lipinski definition) is 1. The third kappa shape index (κ3) is 2.82. The first-order valence-electron chi connectivity index (χ1n) is 9.93. The highest BCUT2D eigenvalue weighted by Gasteiger charge is 2.46. The predicted octanol–water partition coefficient (Wildman–Crippen LogP) is 3.00. The number of amides is 1. The number of carbonyl (C=O) groups excluding carboxylic acids is 3. The van der Waals surface area contributed by atoms with Crippen LogP contribution in [0.1, 0.15) is 28.0 Å². The number of ether oxygens (including phenoxy) is 1. The van der Waals surface area contributed by atoms with Gasteiger partial charge in [-0.2, -0.15) is 0 Å². The van der Waals surface area contributed by atoms with Crippen LogP contribution in [0.15, 0.2) is 54.1 Å². The zero-order valence-electron chi connectivity index (χ0n) is 17.0. The van der Waals surface area contributed by atoms with Gasteiger partial charge in [-0.25, -0.2) is 4.79 Å². The maximum Gasteiger partial charge on any atom is 0.329 e. The topological polar surface area (TPSA) is 123 Å². The van der Waals surface area contributed by atoms with Gasteiger partial charge in [0.15, 0.2) is 5.78 Å². The Bertz CT molecular complexity index is 1350. The Hall–Kier alpha value is -4.27. The highest BCUT2D eigenvalue weighted by Crippen LogP contribution is 2.43. The van der Waals surface area contributed by atoms with Crippen LogP contribution in [0.2, 0.25) is 0 Å². The predicted molar refractivity (Wildman–Crippen MR) is 114 cm³/mol. The number of benzene rings is 2. The molecule has 9 heteroatoms. The molecule has 3 aromatic rings. The zero-order valence-corrected chi connectivity index (χ0v) is 17.0. The molecule has 0 spiro atoms. The number of nitro benzene ring substituents is 1. The Kier molecular flexibility index (Phi) is 4.40. The largest absolute Gasteiger partial charge is 0.467 e. The molecule has 0 fully saturated rings. The van der Waals surface area contributed by atoms with Crippen molar-refractivity contribution in [2.45, 2.75) is 18.9 Å². The number of aromatic amines is 1. The minimum absolute atomic E-state index is 0.135. The van der Waals surface area contributed by atoms with E-state index in [4.69, 9.17) is 4.74 Å². The molecule has 0 unspecified atom stereocenters. The maximum atomic E-state index is 13.4. The van der Waals surface area contributed by atoms with Gasteiger partial charge in [0, 0.05) is 40.6 Å². The van der Waals surface area contributed by atoms with Crippen molar-refractivity contribution in [3.8, 4) is 0 Å². The van der Waals surface area contributed by atoms with Gasteiger partial charge in [0.1, 0.15) is 6.04 Å². The second-order valence-electron chi connectivity index (χ2n) is 7.67. The highest BCUT2D eigenvalue weighted by molar-refractivity contribution is 6.20. The number of para-hydroxylation sites is 1. The minimum Gasteiger partial charge on any atom is -0.467 e. The molecule has 1 amide bonds. The first-order valence-corrected chi connectivity index (χ1v) is 9.93. The smallest absolute Gasteiger partial charge is 0.329 e. The number of rotatable bonds is 4. The van der Waals surface area contributed by atoms with Crippen LogP contribution in [0, 0.1) is 10.1 Å². The summed E-state index contributed by atoms with van der Waals surface area (Å²) in [6, 6.07) is 11.9. The molecule has 9 nitrogen and oxygen atoms in total. The molecule has 160 valence electrons. The van der Waals surface area contributed by atoms with Gasteiger partial charge in [0.05, 0.1) is 29.8 Å². The summed E-state index contributed by atoms with van der Waals surface area (Å²) in [5.74, 6) is -1.35. The molecular formula is C23H17N3O6. The average Bonchev–Trinajstić information content (AvgIpc) is 3.35. The van der Waals surface area contributed by atoms with Gasteiger partial charge in [-0.15, -0.1) is 0 Å². The Balaban J connectivity index is 1.70. The van der Waals surface area contributed by atoms with Gasteiger partial charge >= 0.3 is 5.97 Å². The average molecular weight is 431 g/mol. The molecule has 0 radical (unpaired) electrons. The van der Waals surface area contributed by atoms with Gasteiger partial charge in [0.2, 0.25) is 5.91 Å². The zero-order chi connectivity index (χ0) is 22.6. The lowest BCUT2D eigenvalue weighted by Crippen LogP contribution is -2.46. The van der Waals surface area contributed by atoms with Gasteiger partial charge in [-0.1, -0.05) is 18.2 Å². The number of hydrogen-bond acceptors (Lipinski definition) is 6. The van der Waals surface area contributed by atoms with Crippen LogP contribution in [-0.4, -0.2) is 45.6 Å². The van der Waals surface area contributed by atoms with Crippen LogP contribution in [-0.2, 0) is 20.7 Å². The highest BCUT2D eigenvalue weighted by atomic mass is 16.6. The SMILES string of the molecule is COC(=O)[C@@H]1Cc2c([nH]c3ccccc23)C2=C(C(=O)c3ccc([N+](=O)[O-])cc3)CC(=O)N21. The molecule has 3 heterocycles. The van der Waals surface area contributed by atoms with Crippen LogP contribution in [0.5, 0.6) is 0 Å². The fraction of sp³-hybridized carbons (Fsp3) is 0.174. The van der Waals surface area contributed by atoms with Crippen molar-refractivity contribution in [2.75, 3.05) is 7.11 Å². The van der Waals surface area contributed by atoms with Gasteiger partial charge in [-0.05, 0) is 23.8 Å². The molecule has 2 aromatic carbocycles. The van der Waals surface area contributed by atoms with Gasteiger partial charge in [0.25, 0.3) is 5.69 Å². The van der Waals surface area contributed by atoms with Crippen molar-refractivity contribution in [3.63, 3.8) is 0 Å². The quantitative estimate of drug-likeness (QED) is 0.293. The molecule has 0 saturated carbocycles. The number of methoxy groups -OCH3 is 1. The summed E-state index contributed by atoms with van der Waals surface area (Å²) in [5, 5.41) is 11.8. The Labute approximate surface area is 181 Å². The molecule has 2 aliphatic heterocycles. The number of esters is 1. The summed E-state index contributed by atoms with van der Waals surface area (Å²) in [5.41, 5.74) is 3.00. The number of ketones is 1. The van der Waals surface area contributed by atoms with Gasteiger partial charge in [-0.3, -0.25) is 24.6 Å². The second-order valence-corrected chi connectivity index (χ2v) is 7.67. The molecule has 0 bridgehead atoms. The van der Waals surface area contributed by atoms with Crippen LogP contribution in [0.25, 0.3) is 16.6 Å². The van der Waals surface area contributed by atoms with Gasteiger partial charge < -0.3 is 9.72 Å². The molecule has 0 aliphatic carbocycles. The Morgan fingerprint density at radius 2 is 1.88 bits per heavy atom. The molecule has 5 rings (SSSR count).